The third-order valence-electron chi connectivity index (χ3n) is 4.71. The number of ether oxygens (including phenoxy) is 3. The zero-order valence-electron chi connectivity index (χ0n) is 17.8. The number of benzene rings is 3. The van der Waals surface area contributed by atoms with Crippen LogP contribution in [0.2, 0.25) is 10.0 Å². The average molecular weight is 626 g/mol. The molecule has 4 rings (SSSR count). The molecule has 1 aliphatic rings. The maximum Gasteiger partial charge on any atom is 0.363 e. The summed E-state index contributed by atoms with van der Waals surface area (Å²) in [7, 11) is 0. The van der Waals surface area contributed by atoms with E-state index in [0.717, 1.165) is 10.0 Å². The van der Waals surface area contributed by atoms with Crippen molar-refractivity contribution in [2.45, 2.75) is 13.5 Å². The van der Waals surface area contributed by atoms with E-state index in [1.807, 2.05) is 37.3 Å². The van der Waals surface area contributed by atoms with E-state index in [4.69, 9.17) is 37.4 Å². The summed E-state index contributed by atoms with van der Waals surface area (Å²) in [6.45, 7) is 2.70. The highest BCUT2D eigenvalue weighted by molar-refractivity contribution is 9.10. The lowest BCUT2D eigenvalue weighted by molar-refractivity contribution is -0.129. The van der Waals surface area contributed by atoms with Crippen LogP contribution in [0.3, 0.4) is 0 Å². The Kier molecular flexibility index (Phi) is 7.99. The van der Waals surface area contributed by atoms with E-state index in [1.54, 1.807) is 30.3 Å². The minimum atomic E-state index is -0.578. The number of hydrogen-bond donors (Lipinski definition) is 0. The van der Waals surface area contributed by atoms with Gasteiger partial charge in [0.05, 0.1) is 21.7 Å². The number of aliphatic imine (C=N–C) groups is 1. The van der Waals surface area contributed by atoms with Gasteiger partial charge in [0.15, 0.2) is 17.2 Å². The molecule has 0 atom stereocenters. The standard InChI is InChI=1S/C25H17Br2Cl2NO4/c1-2-32-22-11-15(9-19(27)23(22)33-13-14-3-5-16(26)6-4-14)10-21-25(31)34-24(30-21)18-8-7-17(28)12-20(18)29/h3-12H,2,13H2,1H3/b21-10-. The van der Waals surface area contributed by atoms with Crippen LogP contribution in [-0.4, -0.2) is 18.5 Å². The molecule has 174 valence electrons. The first kappa shape index (κ1) is 24.8. The highest BCUT2D eigenvalue weighted by atomic mass is 79.9. The van der Waals surface area contributed by atoms with E-state index in [2.05, 4.69) is 36.9 Å². The largest absolute Gasteiger partial charge is 0.490 e. The number of carbonyl (C=O) groups excluding carboxylic acids is 1. The SMILES string of the molecule is CCOc1cc(/C=C2\N=C(c3ccc(Cl)cc3Cl)OC2=O)cc(Br)c1OCc1ccc(Br)cc1. The van der Waals surface area contributed by atoms with E-state index >= 15 is 0 Å². The van der Waals surface area contributed by atoms with Crippen LogP contribution >= 0.6 is 55.1 Å². The molecule has 0 aromatic heterocycles. The predicted molar refractivity (Wildman–Crippen MR) is 141 cm³/mol. The predicted octanol–water partition coefficient (Wildman–Crippen LogP) is 7.84. The Bertz CT molecular complexity index is 1310. The minimum absolute atomic E-state index is 0.122. The topological polar surface area (TPSA) is 57.1 Å². The van der Waals surface area contributed by atoms with Gasteiger partial charge in [-0.05, 0) is 82.5 Å². The monoisotopic (exact) mass is 623 g/mol. The van der Waals surface area contributed by atoms with Gasteiger partial charge >= 0.3 is 5.97 Å². The van der Waals surface area contributed by atoms with Crippen LogP contribution in [0, 0.1) is 0 Å². The van der Waals surface area contributed by atoms with E-state index in [1.165, 1.54) is 0 Å². The van der Waals surface area contributed by atoms with Gasteiger partial charge < -0.3 is 14.2 Å². The van der Waals surface area contributed by atoms with Crippen molar-refractivity contribution in [2.75, 3.05) is 6.61 Å². The van der Waals surface area contributed by atoms with Gasteiger partial charge in [-0.2, -0.15) is 0 Å². The van der Waals surface area contributed by atoms with Gasteiger partial charge in [0, 0.05) is 9.50 Å². The molecule has 0 saturated heterocycles. The van der Waals surface area contributed by atoms with Crippen molar-refractivity contribution in [3.8, 4) is 11.5 Å². The molecule has 0 unspecified atom stereocenters. The first-order valence-corrected chi connectivity index (χ1v) is 12.5. The molecular formula is C25H17Br2Cl2NO4. The van der Waals surface area contributed by atoms with Gasteiger partial charge in [0.1, 0.15) is 6.61 Å². The maximum atomic E-state index is 12.4. The Morgan fingerprint density at radius 2 is 1.79 bits per heavy atom. The molecule has 0 fully saturated rings. The van der Waals surface area contributed by atoms with Gasteiger partial charge in [-0.15, -0.1) is 0 Å². The Labute approximate surface area is 223 Å². The van der Waals surface area contributed by atoms with Crippen molar-refractivity contribution in [2.24, 2.45) is 4.99 Å². The average Bonchev–Trinajstić information content (AvgIpc) is 3.14. The summed E-state index contributed by atoms with van der Waals surface area (Å²) in [4.78, 5) is 16.8. The van der Waals surface area contributed by atoms with Gasteiger partial charge in [-0.25, -0.2) is 9.79 Å². The number of hydrogen-bond acceptors (Lipinski definition) is 5. The van der Waals surface area contributed by atoms with Crippen LogP contribution in [0.4, 0.5) is 0 Å². The van der Waals surface area contributed by atoms with Crippen LogP contribution in [0.1, 0.15) is 23.6 Å². The second-order valence-corrected chi connectivity index (χ2v) is 9.75. The number of nitrogens with zero attached hydrogens (tertiary/aromatic N) is 1. The number of esters is 1. The molecule has 1 aliphatic heterocycles. The molecule has 0 spiro atoms. The van der Waals surface area contributed by atoms with Crippen molar-refractivity contribution in [3.05, 3.63) is 96.0 Å². The van der Waals surface area contributed by atoms with Crippen LogP contribution in [0.5, 0.6) is 11.5 Å². The molecule has 0 amide bonds. The third-order valence-corrected chi connectivity index (χ3v) is 6.38. The van der Waals surface area contributed by atoms with Crippen molar-refractivity contribution < 1.29 is 19.0 Å². The zero-order valence-corrected chi connectivity index (χ0v) is 22.5. The molecule has 0 bridgehead atoms. The third kappa shape index (κ3) is 5.84. The lowest BCUT2D eigenvalue weighted by Gasteiger charge is -2.15. The number of rotatable bonds is 7. The van der Waals surface area contributed by atoms with Crippen molar-refractivity contribution in [1.82, 2.24) is 0 Å². The molecule has 5 nitrogen and oxygen atoms in total. The Morgan fingerprint density at radius 1 is 1.03 bits per heavy atom. The Morgan fingerprint density at radius 3 is 2.50 bits per heavy atom. The molecular weight excluding hydrogens is 609 g/mol. The zero-order chi connectivity index (χ0) is 24.2. The fraction of sp³-hybridized carbons (Fsp3) is 0.120. The number of carbonyl (C=O) groups is 1. The molecule has 1 heterocycles. The lowest BCUT2D eigenvalue weighted by atomic mass is 10.1. The molecule has 3 aromatic rings. The second-order valence-electron chi connectivity index (χ2n) is 7.14. The van der Waals surface area contributed by atoms with Crippen LogP contribution in [-0.2, 0) is 16.1 Å². The van der Waals surface area contributed by atoms with Crippen LogP contribution < -0.4 is 9.47 Å². The van der Waals surface area contributed by atoms with Gasteiger partial charge in [0.25, 0.3) is 0 Å². The summed E-state index contributed by atoms with van der Waals surface area (Å²) in [5, 5.41) is 0.819. The number of cyclic esters (lactones) is 1. The maximum absolute atomic E-state index is 12.4. The summed E-state index contributed by atoms with van der Waals surface area (Å²) >= 11 is 19.2. The fourth-order valence-corrected chi connectivity index (χ4v) is 4.48. The molecule has 0 saturated carbocycles. The molecule has 34 heavy (non-hydrogen) atoms. The van der Waals surface area contributed by atoms with Gasteiger partial charge in [-0.3, -0.25) is 0 Å². The molecule has 0 radical (unpaired) electrons. The fourth-order valence-electron chi connectivity index (χ4n) is 3.16. The van der Waals surface area contributed by atoms with E-state index in [9.17, 15) is 4.79 Å². The molecule has 3 aromatic carbocycles. The first-order valence-electron chi connectivity index (χ1n) is 10.2. The smallest absolute Gasteiger partial charge is 0.363 e. The Hall–Kier alpha value is -2.32. The van der Waals surface area contributed by atoms with Gasteiger partial charge in [0.2, 0.25) is 5.90 Å². The molecule has 0 N–H and O–H groups in total. The summed E-state index contributed by atoms with van der Waals surface area (Å²) in [6.07, 6.45) is 1.62. The summed E-state index contributed by atoms with van der Waals surface area (Å²) in [6, 6.07) is 16.3. The normalized spacial score (nSPS) is 14.2. The molecule has 0 aliphatic carbocycles. The van der Waals surface area contributed by atoms with E-state index < -0.39 is 5.97 Å². The highest BCUT2D eigenvalue weighted by Crippen LogP contribution is 2.38. The summed E-state index contributed by atoms with van der Waals surface area (Å²) < 4.78 is 18.8. The second kappa shape index (κ2) is 11.0. The minimum Gasteiger partial charge on any atom is -0.490 e. The lowest BCUT2D eigenvalue weighted by Crippen LogP contribution is -2.06. The number of halogens is 4. The summed E-state index contributed by atoms with van der Waals surface area (Å²) in [5.74, 6) is 0.650. The quantitative estimate of drug-likeness (QED) is 0.198. The van der Waals surface area contributed by atoms with Crippen molar-refractivity contribution >= 4 is 73.0 Å². The first-order chi connectivity index (χ1) is 16.3. The van der Waals surface area contributed by atoms with Crippen LogP contribution in [0.25, 0.3) is 6.08 Å². The van der Waals surface area contributed by atoms with Crippen molar-refractivity contribution in [3.63, 3.8) is 0 Å². The van der Waals surface area contributed by atoms with Gasteiger partial charge in [-0.1, -0.05) is 51.3 Å². The highest BCUT2D eigenvalue weighted by Gasteiger charge is 2.26. The Balaban J connectivity index is 1.61. The van der Waals surface area contributed by atoms with E-state index in [-0.39, 0.29) is 11.6 Å². The summed E-state index contributed by atoms with van der Waals surface area (Å²) in [5.41, 5.74) is 2.32. The van der Waals surface area contributed by atoms with E-state index in [0.29, 0.717) is 50.4 Å². The van der Waals surface area contributed by atoms with Crippen LogP contribution in [0.15, 0.2) is 74.2 Å². The molecule has 9 heteroatoms. The van der Waals surface area contributed by atoms with Crippen molar-refractivity contribution in [1.29, 1.82) is 0 Å².